The van der Waals surface area contributed by atoms with Crippen LogP contribution in [0.1, 0.15) is 23.3 Å². The Labute approximate surface area is 123 Å². The van der Waals surface area contributed by atoms with Crippen LogP contribution in [0.2, 0.25) is 0 Å². The summed E-state index contributed by atoms with van der Waals surface area (Å²) >= 11 is 1.84. The summed E-state index contributed by atoms with van der Waals surface area (Å²) in [5, 5.41) is 17.5. The van der Waals surface area contributed by atoms with Crippen molar-refractivity contribution in [3.05, 3.63) is 28.0 Å². The summed E-state index contributed by atoms with van der Waals surface area (Å²) in [6.07, 6.45) is 4.54. The summed E-state index contributed by atoms with van der Waals surface area (Å²) in [5.41, 5.74) is 3.70. The first-order chi connectivity index (χ1) is 9.88. The monoisotopic (exact) mass is 288 g/mol. The molecule has 3 rings (SSSR count). The highest BCUT2D eigenvalue weighted by Gasteiger charge is 2.17. The fourth-order valence-electron chi connectivity index (χ4n) is 2.60. The summed E-state index contributed by atoms with van der Waals surface area (Å²) in [5.74, 6) is 0.901. The van der Waals surface area contributed by atoms with Crippen LogP contribution in [0, 0.1) is 0 Å². The van der Waals surface area contributed by atoms with Gasteiger partial charge < -0.3 is 10.6 Å². The first-order valence-electron chi connectivity index (χ1n) is 7.20. The number of anilines is 1. The number of nitrogens with zero attached hydrogens (tertiary/aromatic N) is 2. The van der Waals surface area contributed by atoms with Crippen molar-refractivity contribution in [2.75, 3.05) is 25.5 Å². The number of hydrogen-bond donors (Lipinski definition) is 2. The third-order valence-corrected chi connectivity index (χ3v) is 4.61. The van der Waals surface area contributed by atoms with Gasteiger partial charge in [-0.3, -0.25) is 0 Å². The highest BCUT2D eigenvalue weighted by Crippen LogP contribution is 2.34. The van der Waals surface area contributed by atoms with Gasteiger partial charge in [0.05, 0.1) is 5.69 Å². The summed E-state index contributed by atoms with van der Waals surface area (Å²) < 4.78 is 0. The molecule has 2 aromatic rings. The highest BCUT2D eigenvalue weighted by atomic mass is 32.1. The van der Waals surface area contributed by atoms with Crippen molar-refractivity contribution in [3.8, 4) is 11.3 Å². The Morgan fingerprint density at radius 3 is 3.10 bits per heavy atom. The van der Waals surface area contributed by atoms with Gasteiger partial charge in [-0.15, -0.1) is 21.5 Å². The summed E-state index contributed by atoms with van der Waals surface area (Å²) in [7, 11) is 1.97. The van der Waals surface area contributed by atoms with Crippen LogP contribution < -0.4 is 10.6 Å². The SMILES string of the molecule is CNCCCNc1cc2c(nn1)-c1ccsc1CCC2. The average Bonchev–Trinajstić information content (AvgIpc) is 2.86. The smallest absolute Gasteiger partial charge is 0.148 e. The van der Waals surface area contributed by atoms with Gasteiger partial charge in [0.2, 0.25) is 0 Å². The van der Waals surface area contributed by atoms with E-state index in [-0.39, 0.29) is 0 Å². The fourth-order valence-corrected chi connectivity index (χ4v) is 3.52. The van der Waals surface area contributed by atoms with Gasteiger partial charge in [-0.05, 0) is 62.4 Å². The van der Waals surface area contributed by atoms with Crippen molar-refractivity contribution in [1.82, 2.24) is 15.5 Å². The molecule has 0 saturated carbocycles. The standard InChI is InChI=1S/C15H20N4S/c1-16-7-3-8-17-14-10-11-4-2-5-13-12(6-9-20-13)15(11)19-18-14/h6,9-10,16H,2-5,7-8H2,1H3,(H,17,18). The number of thiophene rings is 1. The Bertz CT molecular complexity index is 579. The van der Waals surface area contributed by atoms with E-state index in [1.807, 2.05) is 18.4 Å². The maximum absolute atomic E-state index is 4.47. The van der Waals surface area contributed by atoms with Crippen LogP contribution in [-0.4, -0.2) is 30.3 Å². The van der Waals surface area contributed by atoms with E-state index in [4.69, 9.17) is 0 Å². The Morgan fingerprint density at radius 2 is 2.20 bits per heavy atom. The minimum absolute atomic E-state index is 0.901. The quantitative estimate of drug-likeness (QED) is 0.831. The van der Waals surface area contributed by atoms with Gasteiger partial charge in [0.1, 0.15) is 5.82 Å². The second-order valence-corrected chi connectivity index (χ2v) is 6.10. The molecule has 0 saturated heterocycles. The van der Waals surface area contributed by atoms with Crippen molar-refractivity contribution < 1.29 is 0 Å². The lowest BCUT2D eigenvalue weighted by atomic mass is 10.1. The van der Waals surface area contributed by atoms with E-state index >= 15 is 0 Å². The van der Waals surface area contributed by atoms with Crippen LogP contribution in [0.25, 0.3) is 11.3 Å². The van der Waals surface area contributed by atoms with E-state index in [1.165, 1.54) is 22.4 Å². The third-order valence-electron chi connectivity index (χ3n) is 3.63. The van der Waals surface area contributed by atoms with E-state index in [9.17, 15) is 0 Å². The van der Waals surface area contributed by atoms with Crippen LogP contribution in [0.15, 0.2) is 17.5 Å². The van der Waals surface area contributed by atoms with Crippen molar-refractivity contribution in [2.45, 2.75) is 25.7 Å². The van der Waals surface area contributed by atoms with Crippen molar-refractivity contribution in [1.29, 1.82) is 0 Å². The number of fused-ring (bicyclic) bond motifs is 3. The Hall–Kier alpha value is -1.46. The van der Waals surface area contributed by atoms with E-state index in [0.717, 1.165) is 43.9 Å². The van der Waals surface area contributed by atoms with E-state index < -0.39 is 0 Å². The maximum Gasteiger partial charge on any atom is 0.148 e. The van der Waals surface area contributed by atoms with Crippen LogP contribution >= 0.6 is 11.3 Å². The fraction of sp³-hybridized carbons (Fsp3) is 0.467. The highest BCUT2D eigenvalue weighted by molar-refractivity contribution is 7.10. The van der Waals surface area contributed by atoms with Gasteiger partial charge >= 0.3 is 0 Å². The molecule has 0 amide bonds. The molecule has 4 nitrogen and oxygen atoms in total. The first-order valence-corrected chi connectivity index (χ1v) is 8.08. The molecule has 5 heteroatoms. The van der Waals surface area contributed by atoms with Crippen LogP contribution in [-0.2, 0) is 12.8 Å². The van der Waals surface area contributed by atoms with Crippen molar-refractivity contribution >= 4 is 17.2 Å². The lowest BCUT2D eigenvalue weighted by Gasteiger charge is -2.09. The number of hydrogen-bond acceptors (Lipinski definition) is 5. The Kier molecular flexibility index (Phi) is 4.28. The van der Waals surface area contributed by atoms with Crippen LogP contribution in [0.5, 0.6) is 0 Å². The van der Waals surface area contributed by atoms with Gasteiger partial charge in [0.15, 0.2) is 0 Å². The normalized spacial score (nSPS) is 13.4. The topological polar surface area (TPSA) is 49.8 Å². The summed E-state index contributed by atoms with van der Waals surface area (Å²) in [6, 6.07) is 4.35. The molecule has 2 N–H and O–H groups in total. The first kappa shape index (κ1) is 13.5. The zero-order chi connectivity index (χ0) is 13.8. The second kappa shape index (κ2) is 6.33. The van der Waals surface area contributed by atoms with Gasteiger partial charge in [-0.25, -0.2) is 0 Å². The summed E-state index contributed by atoms with van der Waals surface area (Å²) in [6.45, 7) is 1.95. The molecule has 0 aliphatic heterocycles. The van der Waals surface area contributed by atoms with E-state index in [2.05, 4.69) is 38.3 Å². The van der Waals surface area contributed by atoms with Crippen LogP contribution in [0.3, 0.4) is 0 Å². The molecule has 0 atom stereocenters. The second-order valence-electron chi connectivity index (χ2n) is 5.10. The average molecular weight is 288 g/mol. The molecule has 2 heterocycles. The number of rotatable bonds is 5. The maximum atomic E-state index is 4.47. The molecular formula is C15H20N4S. The lowest BCUT2D eigenvalue weighted by molar-refractivity contribution is 0.745. The Morgan fingerprint density at radius 1 is 1.25 bits per heavy atom. The number of aryl methyl sites for hydroxylation is 2. The Balaban J connectivity index is 1.78. The van der Waals surface area contributed by atoms with Gasteiger partial charge in [0.25, 0.3) is 0 Å². The largest absolute Gasteiger partial charge is 0.369 e. The molecule has 0 bridgehead atoms. The molecule has 0 unspecified atom stereocenters. The number of aromatic nitrogens is 2. The van der Waals surface area contributed by atoms with E-state index in [0.29, 0.717) is 0 Å². The number of nitrogens with one attached hydrogen (secondary N) is 2. The zero-order valence-corrected chi connectivity index (χ0v) is 12.6. The lowest BCUT2D eigenvalue weighted by Crippen LogP contribution is -2.13. The molecule has 0 spiro atoms. The predicted molar refractivity (Wildman–Crippen MR) is 84.4 cm³/mol. The molecule has 0 fully saturated rings. The van der Waals surface area contributed by atoms with Crippen molar-refractivity contribution in [3.63, 3.8) is 0 Å². The van der Waals surface area contributed by atoms with Gasteiger partial charge in [-0.2, -0.15) is 0 Å². The molecule has 0 aromatic carbocycles. The minimum atomic E-state index is 0.901. The van der Waals surface area contributed by atoms with E-state index in [1.54, 1.807) is 0 Å². The van der Waals surface area contributed by atoms with Gasteiger partial charge in [0, 0.05) is 17.0 Å². The zero-order valence-electron chi connectivity index (χ0n) is 11.8. The molecule has 1 aliphatic rings. The third kappa shape index (κ3) is 2.83. The predicted octanol–water partition coefficient (Wildman–Crippen LogP) is 2.72. The molecular weight excluding hydrogens is 268 g/mol. The molecule has 106 valence electrons. The van der Waals surface area contributed by atoms with Crippen molar-refractivity contribution in [2.24, 2.45) is 0 Å². The minimum Gasteiger partial charge on any atom is -0.369 e. The van der Waals surface area contributed by atoms with Gasteiger partial charge in [-0.1, -0.05) is 0 Å². The molecule has 2 aromatic heterocycles. The molecule has 1 aliphatic carbocycles. The van der Waals surface area contributed by atoms with Crippen LogP contribution in [0.4, 0.5) is 5.82 Å². The summed E-state index contributed by atoms with van der Waals surface area (Å²) in [4.78, 5) is 1.45. The molecule has 0 radical (unpaired) electrons. The molecule has 20 heavy (non-hydrogen) atoms.